The second-order valence-corrected chi connectivity index (χ2v) is 29.5. The highest BCUT2D eigenvalue weighted by molar-refractivity contribution is 9.09. The number of nitrogens with two attached hydrogens (primary N) is 6. The molecule has 0 aliphatic carbocycles. The predicted molar refractivity (Wildman–Crippen MR) is 459 cm³/mol. The number of carbonyl (C=O) groups is 7. The van der Waals surface area contributed by atoms with Crippen molar-refractivity contribution in [3.63, 3.8) is 0 Å². The molecule has 2 aromatic heterocycles. The van der Waals surface area contributed by atoms with Gasteiger partial charge in [0.1, 0.15) is 23.3 Å². The van der Waals surface area contributed by atoms with Crippen molar-refractivity contribution in [2.75, 3.05) is 207 Å². The van der Waals surface area contributed by atoms with Crippen molar-refractivity contribution in [2.24, 2.45) is 22.9 Å². The van der Waals surface area contributed by atoms with Gasteiger partial charge in [-0.3, -0.25) is 19.2 Å². The minimum Gasteiger partial charge on any atom is -0.478 e. The van der Waals surface area contributed by atoms with Gasteiger partial charge in [-0.15, -0.1) is 0 Å². The van der Waals surface area contributed by atoms with Crippen LogP contribution in [0.4, 0.5) is 27.0 Å². The standard InChI is InChI=1S/C33H64N6O10.C21H38N4O4.C15H15N7O2.C6H16N2O2.C5H8BrN/c1-33(2,3)49-32(44)38-18-22-47-24-25-48-23-21-39(19-10-6-8-16-36-28(40)14-12-26(34)30(42)45-4)20-11-7-9-17-37-29(41)15-13-27(35)31(43)46-5;1-21(2,3)29-20(26)24-12-16-27-18-19-28-17-15-25(13-8-5-6-10-22)14-9-7-11-23-4;1-22(10-4-2-8(3-5-10)14(23)24)7-9-6-18-13-11(19-9)12(16)20-15(17)21-13;7-1-3-9-5-6-10-4-2-8;6-4-2-1-3-5-7/h26-27H,6-25,34-35H2,1-5H3,(H,36,40)(H,37,41)(H,38,44);5-9,11-19H2,1-3H3,(H,24,26);2-6H,7H2,1H3,(H,23,24)(H4,16,17,18,20,21);1-8H2;1-4H2/t26-,27+;;;;. The summed E-state index contributed by atoms with van der Waals surface area (Å²) in [5, 5.41) is 37.6. The zero-order chi connectivity index (χ0) is 89.2. The number of rotatable bonds is 60. The zero-order valence-corrected chi connectivity index (χ0v) is 73.6. The first-order valence-electron chi connectivity index (χ1n) is 40.6. The van der Waals surface area contributed by atoms with Gasteiger partial charge in [0.15, 0.2) is 17.0 Å². The number of hydrogen-bond acceptors (Lipinski definition) is 32. The number of nitrogens with one attached hydrogen (secondary N) is 4. The molecule has 3 rings (SSSR count). The lowest BCUT2D eigenvalue weighted by molar-refractivity contribution is -0.143. The van der Waals surface area contributed by atoms with E-state index in [1.54, 1.807) is 51.2 Å². The Kier molecular flexibility index (Phi) is 70.4. The number of anilines is 3. The van der Waals surface area contributed by atoms with E-state index in [9.17, 15) is 33.6 Å². The van der Waals surface area contributed by atoms with E-state index >= 15 is 0 Å². The van der Waals surface area contributed by atoms with E-state index in [4.69, 9.17) is 94.5 Å². The van der Waals surface area contributed by atoms with Crippen LogP contribution in [0.5, 0.6) is 0 Å². The van der Waals surface area contributed by atoms with Gasteiger partial charge in [0.25, 0.3) is 0 Å². The van der Waals surface area contributed by atoms with Crippen molar-refractivity contribution in [1.82, 2.24) is 51.0 Å². The zero-order valence-electron chi connectivity index (χ0n) is 72.1. The number of carbonyl (C=O) groups excluding carboxylic acids is 6. The van der Waals surface area contributed by atoms with Crippen molar-refractivity contribution < 1.29 is 86.0 Å². The molecule has 0 fully saturated rings. The molecule has 39 heteroatoms. The number of amides is 4. The lowest BCUT2D eigenvalue weighted by atomic mass is 10.1. The van der Waals surface area contributed by atoms with Gasteiger partial charge in [0, 0.05) is 103 Å². The molecular weight excluding hydrogens is 1610 g/mol. The van der Waals surface area contributed by atoms with E-state index in [0.29, 0.717) is 161 Å². The third kappa shape index (κ3) is 68.8. The van der Waals surface area contributed by atoms with E-state index in [0.717, 1.165) is 127 Å². The third-order valence-electron chi connectivity index (χ3n) is 16.0. The van der Waals surface area contributed by atoms with Gasteiger partial charge in [0.2, 0.25) is 24.3 Å². The summed E-state index contributed by atoms with van der Waals surface area (Å²) in [6.07, 6.45) is 14.3. The highest BCUT2D eigenvalue weighted by Crippen LogP contribution is 2.19. The van der Waals surface area contributed by atoms with Crippen molar-refractivity contribution in [2.45, 2.75) is 187 Å². The van der Waals surface area contributed by atoms with Crippen molar-refractivity contribution in [3.05, 3.63) is 53.1 Å². The Morgan fingerprint density at radius 2 is 0.975 bits per heavy atom. The maximum atomic E-state index is 12.0. The van der Waals surface area contributed by atoms with Crippen LogP contribution in [0.3, 0.4) is 0 Å². The summed E-state index contributed by atoms with van der Waals surface area (Å²) in [4.78, 5) is 107. The Morgan fingerprint density at radius 1 is 0.555 bits per heavy atom. The third-order valence-corrected chi connectivity index (χ3v) is 16.6. The Hall–Kier alpha value is -8.60. The fourth-order valence-corrected chi connectivity index (χ4v) is 10.3. The molecule has 0 saturated carbocycles. The lowest BCUT2D eigenvalue weighted by Gasteiger charge is -2.22. The number of benzene rings is 1. The number of nitriles is 2. The summed E-state index contributed by atoms with van der Waals surface area (Å²) in [7, 11) is 4.40. The number of aromatic nitrogens is 4. The molecule has 2 heterocycles. The quantitative estimate of drug-likeness (QED) is 0.00992. The summed E-state index contributed by atoms with van der Waals surface area (Å²) in [5.41, 5.74) is 34.5. The van der Waals surface area contributed by atoms with Gasteiger partial charge in [-0.25, -0.2) is 30.9 Å². The first kappa shape index (κ1) is 112. The lowest BCUT2D eigenvalue weighted by Crippen LogP contribution is -2.34. The molecule has 0 bridgehead atoms. The van der Waals surface area contributed by atoms with Crippen LogP contribution in [-0.4, -0.2) is 291 Å². The fraction of sp³-hybridized carbons (Fsp3) is 0.725. The number of fused-ring (bicyclic) bond motifs is 1. The average Bonchev–Trinajstić information content (AvgIpc) is 0.808. The number of alkyl halides is 1. The van der Waals surface area contributed by atoms with Crippen LogP contribution in [0.25, 0.3) is 16.0 Å². The van der Waals surface area contributed by atoms with E-state index in [2.05, 4.69) is 93.4 Å². The van der Waals surface area contributed by atoms with E-state index in [1.165, 1.54) is 14.2 Å². The van der Waals surface area contributed by atoms with Crippen molar-refractivity contribution in [3.8, 4) is 12.1 Å². The van der Waals surface area contributed by atoms with Crippen molar-refractivity contribution in [1.29, 1.82) is 10.5 Å². The summed E-state index contributed by atoms with van der Waals surface area (Å²) >= 11 is 3.27. The Bertz CT molecular complexity index is 3210. The second-order valence-electron chi connectivity index (χ2n) is 28.7. The number of ether oxygens (including phenoxy) is 10. The smallest absolute Gasteiger partial charge is 0.407 e. The molecule has 0 spiro atoms. The molecule has 38 nitrogen and oxygen atoms in total. The Balaban J connectivity index is 0. The number of esters is 2. The fourth-order valence-electron chi connectivity index (χ4n) is 9.90. The molecule has 4 amide bonds. The molecule has 1 aromatic carbocycles. The van der Waals surface area contributed by atoms with Gasteiger partial charge in [0.05, 0.1) is 130 Å². The Labute approximate surface area is 713 Å². The highest BCUT2D eigenvalue weighted by Gasteiger charge is 2.20. The first-order valence-corrected chi connectivity index (χ1v) is 41.7. The number of nitrogens with zero attached hydrogens (tertiary/aromatic N) is 10. The maximum absolute atomic E-state index is 12.0. The number of nitrogen functional groups attached to an aromatic ring is 2. The van der Waals surface area contributed by atoms with Crippen LogP contribution in [0.2, 0.25) is 0 Å². The molecule has 0 aliphatic heterocycles. The van der Waals surface area contributed by atoms with Gasteiger partial charge >= 0.3 is 30.1 Å². The van der Waals surface area contributed by atoms with Gasteiger partial charge < -0.3 is 128 Å². The molecule has 0 radical (unpaired) electrons. The number of unbranched alkanes of at least 4 members (excludes halogenated alkanes) is 9. The number of methoxy groups -OCH3 is 2. The molecule has 0 unspecified atom stereocenters. The molecule has 676 valence electrons. The number of carboxylic acid groups (broad SMARTS) is 1. The summed E-state index contributed by atoms with van der Waals surface area (Å²) in [5.74, 6) is -2.05. The van der Waals surface area contributed by atoms with E-state index in [1.807, 2.05) is 32.7 Å². The topological polar surface area (TPSA) is 549 Å². The van der Waals surface area contributed by atoms with Crippen LogP contribution < -0.4 is 60.6 Å². The van der Waals surface area contributed by atoms with Crippen LogP contribution in [0.15, 0.2) is 30.5 Å². The van der Waals surface area contributed by atoms with Crippen molar-refractivity contribution >= 4 is 86.5 Å². The average molecular weight is 1750 g/mol. The summed E-state index contributed by atoms with van der Waals surface area (Å²) in [6.45, 7) is 33.2. The monoisotopic (exact) mass is 1750 g/mol. The van der Waals surface area contributed by atoms with Gasteiger partial charge in [-0.1, -0.05) is 28.8 Å². The predicted octanol–water partition coefficient (Wildman–Crippen LogP) is 6.15. The summed E-state index contributed by atoms with van der Waals surface area (Å²) < 4.78 is 51.9. The highest BCUT2D eigenvalue weighted by atomic mass is 79.9. The van der Waals surface area contributed by atoms with Crippen LogP contribution >= 0.6 is 15.9 Å². The number of alkyl carbamates (subject to hydrolysis) is 2. The largest absolute Gasteiger partial charge is 0.478 e. The minimum atomic E-state index is -0.959. The van der Waals surface area contributed by atoms with Gasteiger partial charge in [-0.05, 0) is 163 Å². The maximum Gasteiger partial charge on any atom is 0.407 e. The molecular formula is C80H141BrN20O18. The molecule has 17 N–H and O–H groups in total. The SMILES string of the molecule is CN(Cc1cnc2nc(N)nc(N)c2n1)c1ccc(C(=O)O)cc1.COC(=O)[C@H](N)CCC(=O)NCCCCCN(CCCCCNC(=O)CC[C@H](N)C(=O)OC)CCOCCOCCNC(=O)OC(C)(C)C.N#CCCCCBr.NCCOCCOCCN.[C-]#[N+]CCCCN(CCCCC#N)CCOCCOCCNC(=O)OC(C)(C)C. The van der Waals surface area contributed by atoms with Crippen LogP contribution in [0, 0.1) is 29.2 Å². The minimum absolute atomic E-state index is 0.0534. The number of halogens is 1. The molecule has 0 saturated heterocycles. The number of aromatic carboxylic acids is 1. The molecule has 3 aromatic rings. The number of hydrogen-bond donors (Lipinski definition) is 11. The first-order chi connectivity index (χ1) is 56.9. The normalized spacial score (nSPS) is 11.4. The molecule has 2 atom stereocenters. The summed E-state index contributed by atoms with van der Waals surface area (Å²) in [6, 6.07) is 9.23. The second kappa shape index (κ2) is 74.5. The molecule has 119 heavy (non-hydrogen) atoms. The van der Waals surface area contributed by atoms with Crippen LogP contribution in [-0.2, 0) is 73.1 Å². The van der Waals surface area contributed by atoms with E-state index in [-0.39, 0.29) is 54.8 Å². The van der Waals surface area contributed by atoms with Crippen LogP contribution in [0.1, 0.15) is 173 Å². The van der Waals surface area contributed by atoms with Gasteiger partial charge in [-0.2, -0.15) is 20.5 Å². The van der Waals surface area contributed by atoms with E-state index < -0.39 is 53.4 Å². The Morgan fingerprint density at radius 3 is 1.38 bits per heavy atom. The number of carboxylic acids is 1. The molecule has 0 aliphatic rings.